The number of hydrogen-bond acceptors (Lipinski definition) is 3. The van der Waals surface area contributed by atoms with E-state index in [0.29, 0.717) is 18.1 Å². The minimum Gasteiger partial charge on any atom is -0.489 e. The minimum absolute atomic E-state index is 0.00397. The lowest BCUT2D eigenvalue weighted by molar-refractivity contribution is 0.220. The highest BCUT2D eigenvalue weighted by Gasteiger charge is 2.14. The van der Waals surface area contributed by atoms with Gasteiger partial charge in [0.15, 0.2) is 11.5 Å². The molecule has 0 saturated heterocycles. The highest BCUT2D eigenvalue weighted by Crippen LogP contribution is 2.38. The molecule has 0 saturated carbocycles. The summed E-state index contributed by atoms with van der Waals surface area (Å²) in [6.45, 7) is 6.24. The first-order valence-corrected chi connectivity index (χ1v) is 6.48. The van der Waals surface area contributed by atoms with Crippen LogP contribution in [0.15, 0.2) is 17.0 Å². The van der Waals surface area contributed by atoms with E-state index in [1.165, 1.54) is 23.9 Å². The molecule has 1 aromatic carbocycles. The van der Waals surface area contributed by atoms with Crippen LogP contribution in [0.4, 0.5) is 4.39 Å². The van der Waals surface area contributed by atoms with Crippen LogP contribution in [-0.2, 0) is 0 Å². The van der Waals surface area contributed by atoms with Gasteiger partial charge in [-0.2, -0.15) is 0 Å². The van der Waals surface area contributed by atoms with E-state index >= 15 is 0 Å². The van der Waals surface area contributed by atoms with Gasteiger partial charge in [0.1, 0.15) is 5.82 Å². The van der Waals surface area contributed by atoms with Crippen molar-refractivity contribution in [1.82, 2.24) is 0 Å². The van der Waals surface area contributed by atoms with Crippen LogP contribution >= 0.6 is 11.8 Å². The summed E-state index contributed by atoms with van der Waals surface area (Å²) in [5.41, 5.74) is 0. The Bertz CT molecular complexity index is 353. The third-order valence-corrected chi connectivity index (χ3v) is 2.60. The van der Waals surface area contributed by atoms with Crippen LogP contribution in [0.1, 0.15) is 20.8 Å². The Kier molecular flexibility index (Phi) is 4.93. The quantitative estimate of drug-likeness (QED) is 0.735. The molecule has 0 aliphatic heterocycles. The lowest BCUT2D eigenvalue weighted by Gasteiger charge is -2.16. The number of thioether (sulfide) groups is 1. The fourth-order valence-corrected chi connectivity index (χ4v) is 1.90. The summed E-state index contributed by atoms with van der Waals surface area (Å²) in [5.74, 6) is 0.801. The van der Waals surface area contributed by atoms with Crippen molar-refractivity contribution >= 4 is 11.8 Å². The zero-order chi connectivity index (χ0) is 12.1. The summed E-state index contributed by atoms with van der Waals surface area (Å²) in [6, 6.07) is 2.83. The first-order valence-electron chi connectivity index (χ1n) is 5.25. The number of benzene rings is 1. The maximum atomic E-state index is 13.3. The van der Waals surface area contributed by atoms with Gasteiger partial charge in [0, 0.05) is 6.07 Å². The molecule has 0 atom stereocenters. The third-order valence-electron chi connectivity index (χ3n) is 1.86. The zero-order valence-electron chi connectivity index (χ0n) is 10.0. The molecule has 4 heteroatoms. The summed E-state index contributed by atoms with van der Waals surface area (Å²) in [4.78, 5) is 0.762. The molecule has 0 radical (unpaired) electrons. The normalized spacial score (nSPS) is 10.6. The zero-order valence-corrected chi connectivity index (χ0v) is 10.9. The van der Waals surface area contributed by atoms with Gasteiger partial charge in [-0.25, -0.2) is 4.39 Å². The van der Waals surface area contributed by atoms with Crippen molar-refractivity contribution in [3.63, 3.8) is 0 Å². The molecule has 16 heavy (non-hydrogen) atoms. The van der Waals surface area contributed by atoms with Gasteiger partial charge >= 0.3 is 0 Å². The average Bonchev–Trinajstić information content (AvgIpc) is 2.20. The van der Waals surface area contributed by atoms with E-state index in [1.54, 1.807) is 0 Å². The smallest absolute Gasteiger partial charge is 0.174 e. The molecule has 90 valence electrons. The van der Waals surface area contributed by atoms with Crippen molar-refractivity contribution < 1.29 is 13.9 Å². The van der Waals surface area contributed by atoms with Crippen LogP contribution in [0.5, 0.6) is 11.5 Å². The average molecular weight is 244 g/mol. The molecule has 1 rings (SSSR count). The molecule has 0 heterocycles. The molecule has 0 amide bonds. The van der Waals surface area contributed by atoms with Gasteiger partial charge in [-0.1, -0.05) is 0 Å². The van der Waals surface area contributed by atoms with Gasteiger partial charge in [0.05, 0.1) is 17.6 Å². The molecular weight excluding hydrogens is 227 g/mol. The van der Waals surface area contributed by atoms with Crippen molar-refractivity contribution in [3.8, 4) is 11.5 Å². The second kappa shape index (κ2) is 5.99. The molecule has 0 unspecified atom stereocenters. The van der Waals surface area contributed by atoms with Crippen molar-refractivity contribution in [2.75, 3.05) is 12.9 Å². The Morgan fingerprint density at radius 3 is 2.56 bits per heavy atom. The second-order valence-corrected chi connectivity index (χ2v) is 4.38. The molecule has 0 aliphatic carbocycles. The molecule has 1 aromatic rings. The molecule has 0 aromatic heterocycles. The topological polar surface area (TPSA) is 18.5 Å². The van der Waals surface area contributed by atoms with E-state index < -0.39 is 0 Å². The Balaban J connectivity index is 3.15. The van der Waals surface area contributed by atoms with Gasteiger partial charge in [-0.05, 0) is 33.1 Å². The van der Waals surface area contributed by atoms with Crippen molar-refractivity contribution in [1.29, 1.82) is 0 Å². The standard InChI is InChI=1S/C12H17FO2S/c1-5-14-12-10(15-8(2)3)6-9(13)7-11(12)16-4/h6-8H,5H2,1-4H3. The summed E-state index contributed by atoms with van der Waals surface area (Å²) in [5, 5.41) is 0. The summed E-state index contributed by atoms with van der Waals surface area (Å²) in [6.07, 6.45) is 1.88. The van der Waals surface area contributed by atoms with E-state index in [4.69, 9.17) is 9.47 Å². The van der Waals surface area contributed by atoms with Crippen molar-refractivity contribution in [2.45, 2.75) is 31.8 Å². The molecule has 0 aliphatic rings. The molecular formula is C12H17FO2S. The van der Waals surface area contributed by atoms with Crippen LogP contribution in [0.2, 0.25) is 0 Å². The van der Waals surface area contributed by atoms with Gasteiger partial charge in [0.25, 0.3) is 0 Å². The Morgan fingerprint density at radius 1 is 1.38 bits per heavy atom. The summed E-state index contributed by atoms with van der Waals surface area (Å²) >= 11 is 1.45. The maximum absolute atomic E-state index is 13.3. The fourth-order valence-electron chi connectivity index (χ4n) is 1.32. The minimum atomic E-state index is -0.302. The third kappa shape index (κ3) is 3.30. The molecule has 0 fully saturated rings. The Labute approximate surface area is 100 Å². The van der Waals surface area contributed by atoms with Crippen LogP contribution in [-0.4, -0.2) is 19.0 Å². The predicted octanol–water partition coefficient (Wildman–Crippen LogP) is 3.73. The van der Waals surface area contributed by atoms with Crippen LogP contribution in [0.25, 0.3) is 0 Å². The van der Waals surface area contributed by atoms with Gasteiger partial charge in [0.2, 0.25) is 0 Å². The Hall–Kier alpha value is -0.900. The molecule has 2 nitrogen and oxygen atoms in total. The van der Waals surface area contributed by atoms with E-state index in [1.807, 2.05) is 27.0 Å². The highest BCUT2D eigenvalue weighted by molar-refractivity contribution is 7.98. The van der Waals surface area contributed by atoms with Crippen LogP contribution in [0, 0.1) is 5.82 Å². The molecule has 0 N–H and O–H groups in total. The van der Waals surface area contributed by atoms with Gasteiger partial charge < -0.3 is 9.47 Å². The number of ether oxygens (including phenoxy) is 2. The maximum Gasteiger partial charge on any atom is 0.174 e. The van der Waals surface area contributed by atoms with Gasteiger partial charge in [-0.15, -0.1) is 11.8 Å². The largest absolute Gasteiger partial charge is 0.489 e. The van der Waals surface area contributed by atoms with Crippen LogP contribution in [0.3, 0.4) is 0 Å². The number of rotatable bonds is 5. The van der Waals surface area contributed by atoms with E-state index in [2.05, 4.69) is 0 Å². The lowest BCUT2D eigenvalue weighted by Crippen LogP contribution is -2.08. The predicted molar refractivity (Wildman–Crippen MR) is 65.1 cm³/mol. The molecule has 0 spiro atoms. The monoisotopic (exact) mass is 244 g/mol. The fraction of sp³-hybridized carbons (Fsp3) is 0.500. The van der Waals surface area contributed by atoms with Crippen molar-refractivity contribution in [3.05, 3.63) is 17.9 Å². The van der Waals surface area contributed by atoms with Gasteiger partial charge in [-0.3, -0.25) is 0 Å². The Morgan fingerprint density at radius 2 is 2.06 bits per heavy atom. The SMILES string of the molecule is CCOc1c(OC(C)C)cc(F)cc1SC. The number of hydrogen-bond donors (Lipinski definition) is 0. The first kappa shape index (κ1) is 13.2. The van der Waals surface area contributed by atoms with E-state index in [0.717, 1.165) is 4.90 Å². The first-order chi connectivity index (χ1) is 7.58. The number of halogens is 1. The van der Waals surface area contributed by atoms with Crippen molar-refractivity contribution in [2.24, 2.45) is 0 Å². The summed E-state index contributed by atoms with van der Waals surface area (Å²) < 4.78 is 24.4. The lowest BCUT2D eigenvalue weighted by atomic mass is 10.3. The van der Waals surface area contributed by atoms with E-state index in [-0.39, 0.29) is 11.9 Å². The van der Waals surface area contributed by atoms with Crippen LogP contribution < -0.4 is 9.47 Å². The summed E-state index contributed by atoms with van der Waals surface area (Å²) in [7, 11) is 0. The van der Waals surface area contributed by atoms with E-state index in [9.17, 15) is 4.39 Å². The second-order valence-electron chi connectivity index (χ2n) is 3.53. The highest BCUT2D eigenvalue weighted by atomic mass is 32.2. The molecule has 0 bridgehead atoms.